The highest BCUT2D eigenvalue weighted by Crippen LogP contribution is 2.32. The molecule has 5 heteroatoms. The number of hydrogen-bond donors (Lipinski definition) is 2. The number of anilines is 2. The summed E-state index contributed by atoms with van der Waals surface area (Å²) in [6.45, 7) is 3.02. The molecule has 2 N–H and O–H groups in total. The number of para-hydroxylation sites is 1. The van der Waals surface area contributed by atoms with E-state index in [9.17, 15) is 9.90 Å². The van der Waals surface area contributed by atoms with Crippen molar-refractivity contribution >= 4 is 39.3 Å². The third kappa shape index (κ3) is 2.50. The third-order valence-electron chi connectivity index (χ3n) is 4.39. The summed E-state index contributed by atoms with van der Waals surface area (Å²) in [5, 5.41) is 14.8. The first-order valence-electron chi connectivity index (χ1n) is 8.15. The minimum absolute atomic E-state index is 0.151. The van der Waals surface area contributed by atoms with Gasteiger partial charge in [-0.1, -0.05) is 18.2 Å². The van der Waals surface area contributed by atoms with E-state index < -0.39 is 5.97 Å². The molecule has 124 valence electrons. The molecule has 0 saturated carbocycles. The van der Waals surface area contributed by atoms with E-state index in [-0.39, 0.29) is 5.56 Å². The van der Waals surface area contributed by atoms with E-state index in [1.807, 2.05) is 24.3 Å². The van der Waals surface area contributed by atoms with Crippen LogP contribution in [0.3, 0.4) is 0 Å². The molecule has 25 heavy (non-hydrogen) atoms. The Morgan fingerprint density at radius 2 is 1.88 bits per heavy atom. The SMILES string of the molecule is CCn1c2ccccc2c2cc(Nc3ncccc3C(=O)O)ccc21. The average molecular weight is 331 g/mol. The van der Waals surface area contributed by atoms with Gasteiger partial charge in [-0.25, -0.2) is 9.78 Å². The Labute approximate surface area is 144 Å². The van der Waals surface area contributed by atoms with Gasteiger partial charge in [-0.2, -0.15) is 0 Å². The second kappa shape index (κ2) is 5.94. The summed E-state index contributed by atoms with van der Waals surface area (Å²) in [5.41, 5.74) is 3.32. The lowest BCUT2D eigenvalue weighted by Crippen LogP contribution is -2.04. The summed E-state index contributed by atoms with van der Waals surface area (Å²) in [7, 11) is 0. The van der Waals surface area contributed by atoms with Crippen LogP contribution in [-0.2, 0) is 6.54 Å². The number of aromatic nitrogens is 2. The molecule has 0 spiro atoms. The molecule has 4 rings (SSSR count). The predicted octanol–water partition coefficient (Wildman–Crippen LogP) is 4.65. The second-order valence-corrected chi connectivity index (χ2v) is 5.82. The fraction of sp³-hybridized carbons (Fsp3) is 0.100. The van der Waals surface area contributed by atoms with Crippen LogP contribution in [0.25, 0.3) is 21.8 Å². The molecule has 0 atom stereocenters. The van der Waals surface area contributed by atoms with Crippen molar-refractivity contribution < 1.29 is 9.90 Å². The van der Waals surface area contributed by atoms with Crippen molar-refractivity contribution in [2.75, 3.05) is 5.32 Å². The van der Waals surface area contributed by atoms with E-state index in [1.54, 1.807) is 18.3 Å². The van der Waals surface area contributed by atoms with Gasteiger partial charge in [0.15, 0.2) is 0 Å². The summed E-state index contributed by atoms with van der Waals surface area (Å²) in [6, 6.07) is 17.5. The maximum Gasteiger partial charge on any atom is 0.339 e. The third-order valence-corrected chi connectivity index (χ3v) is 4.39. The van der Waals surface area contributed by atoms with E-state index in [1.165, 1.54) is 10.9 Å². The number of nitrogens with zero attached hydrogens (tertiary/aromatic N) is 2. The first-order chi connectivity index (χ1) is 12.2. The van der Waals surface area contributed by atoms with Crippen LogP contribution in [0.15, 0.2) is 60.8 Å². The summed E-state index contributed by atoms with van der Waals surface area (Å²) in [6.07, 6.45) is 1.58. The van der Waals surface area contributed by atoms with Gasteiger partial charge in [0, 0.05) is 40.2 Å². The van der Waals surface area contributed by atoms with Gasteiger partial charge >= 0.3 is 5.97 Å². The molecule has 0 unspecified atom stereocenters. The van der Waals surface area contributed by atoms with E-state index in [2.05, 4.69) is 40.0 Å². The molecule has 0 bridgehead atoms. The average Bonchev–Trinajstić information content (AvgIpc) is 2.95. The molecule has 2 aromatic carbocycles. The molecule has 0 saturated heterocycles. The molecule has 0 aliphatic carbocycles. The van der Waals surface area contributed by atoms with E-state index in [0.717, 1.165) is 23.1 Å². The number of carboxylic acids is 1. The molecule has 0 aliphatic heterocycles. The van der Waals surface area contributed by atoms with E-state index in [4.69, 9.17) is 0 Å². The highest BCUT2D eigenvalue weighted by molar-refractivity contribution is 6.09. The summed E-state index contributed by atoms with van der Waals surface area (Å²) in [5.74, 6) is -0.659. The Hall–Kier alpha value is -3.34. The van der Waals surface area contributed by atoms with Crippen LogP contribution in [0.1, 0.15) is 17.3 Å². The van der Waals surface area contributed by atoms with E-state index >= 15 is 0 Å². The highest BCUT2D eigenvalue weighted by atomic mass is 16.4. The quantitative estimate of drug-likeness (QED) is 0.571. The van der Waals surface area contributed by atoms with Crippen molar-refractivity contribution in [3.63, 3.8) is 0 Å². The Balaban J connectivity index is 1.85. The number of rotatable bonds is 4. The fourth-order valence-electron chi connectivity index (χ4n) is 3.29. The van der Waals surface area contributed by atoms with Crippen molar-refractivity contribution in [1.82, 2.24) is 9.55 Å². The number of pyridine rings is 1. The normalized spacial score (nSPS) is 11.1. The Morgan fingerprint density at radius 3 is 2.68 bits per heavy atom. The molecule has 4 aromatic rings. The minimum atomic E-state index is -1.00. The van der Waals surface area contributed by atoms with Crippen molar-refractivity contribution in [3.05, 3.63) is 66.4 Å². The van der Waals surface area contributed by atoms with E-state index in [0.29, 0.717) is 5.82 Å². The largest absolute Gasteiger partial charge is 0.478 e. The molecule has 2 heterocycles. The number of carboxylic acid groups (broad SMARTS) is 1. The monoisotopic (exact) mass is 331 g/mol. The van der Waals surface area contributed by atoms with Crippen LogP contribution in [0, 0.1) is 0 Å². The molecule has 0 amide bonds. The zero-order chi connectivity index (χ0) is 17.4. The van der Waals surface area contributed by atoms with Crippen LogP contribution >= 0.6 is 0 Å². The maximum atomic E-state index is 11.4. The number of benzene rings is 2. The smallest absolute Gasteiger partial charge is 0.339 e. The lowest BCUT2D eigenvalue weighted by molar-refractivity contribution is 0.0697. The highest BCUT2D eigenvalue weighted by Gasteiger charge is 2.13. The first kappa shape index (κ1) is 15.2. The Kier molecular flexibility index (Phi) is 3.61. The molecule has 2 aromatic heterocycles. The van der Waals surface area contributed by atoms with Gasteiger partial charge in [-0.05, 0) is 43.3 Å². The van der Waals surface area contributed by atoms with Crippen LogP contribution in [0.4, 0.5) is 11.5 Å². The van der Waals surface area contributed by atoms with Gasteiger partial charge in [-0.3, -0.25) is 0 Å². The van der Waals surface area contributed by atoms with Crippen LogP contribution < -0.4 is 5.32 Å². The first-order valence-corrected chi connectivity index (χ1v) is 8.15. The fourth-order valence-corrected chi connectivity index (χ4v) is 3.29. The Bertz CT molecular complexity index is 1100. The van der Waals surface area contributed by atoms with Crippen molar-refractivity contribution in [1.29, 1.82) is 0 Å². The van der Waals surface area contributed by atoms with Gasteiger partial charge in [0.1, 0.15) is 11.4 Å². The summed E-state index contributed by atoms with van der Waals surface area (Å²) < 4.78 is 2.28. The lowest BCUT2D eigenvalue weighted by Gasteiger charge is -2.09. The maximum absolute atomic E-state index is 11.4. The number of fused-ring (bicyclic) bond motifs is 3. The topological polar surface area (TPSA) is 67.2 Å². The number of aromatic carboxylic acids is 1. The van der Waals surface area contributed by atoms with Gasteiger partial charge in [0.05, 0.1) is 0 Å². The van der Waals surface area contributed by atoms with Crippen LogP contribution in [-0.4, -0.2) is 20.6 Å². The molecular formula is C20H17N3O2. The zero-order valence-corrected chi connectivity index (χ0v) is 13.7. The standard InChI is InChI=1S/C20H17N3O2/c1-2-23-17-8-4-3-6-14(17)16-12-13(9-10-18(16)23)22-19-15(20(24)25)7-5-11-21-19/h3-12H,2H2,1H3,(H,21,22)(H,24,25). The van der Waals surface area contributed by atoms with Gasteiger partial charge in [-0.15, -0.1) is 0 Å². The summed E-state index contributed by atoms with van der Waals surface area (Å²) >= 11 is 0. The van der Waals surface area contributed by atoms with Crippen molar-refractivity contribution in [2.24, 2.45) is 0 Å². The number of hydrogen-bond acceptors (Lipinski definition) is 3. The zero-order valence-electron chi connectivity index (χ0n) is 13.7. The van der Waals surface area contributed by atoms with Gasteiger partial charge in [0.25, 0.3) is 0 Å². The Morgan fingerprint density at radius 1 is 1.08 bits per heavy atom. The number of carbonyl (C=O) groups is 1. The van der Waals surface area contributed by atoms with Gasteiger partial charge < -0.3 is 15.0 Å². The van der Waals surface area contributed by atoms with Crippen LogP contribution in [0.2, 0.25) is 0 Å². The molecule has 0 fully saturated rings. The molecular weight excluding hydrogens is 314 g/mol. The molecule has 0 radical (unpaired) electrons. The summed E-state index contributed by atoms with van der Waals surface area (Å²) in [4.78, 5) is 15.5. The molecule has 5 nitrogen and oxygen atoms in total. The van der Waals surface area contributed by atoms with Gasteiger partial charge in [0.2, 0.25) is 0 Å². The van der Waals surface area contributed by atoms with Crippen molar-refractivity contribution in [3.8, 4) is 0 Å². The minimum Gasteiger partial charge on any atom is -0.478 e. The lowest BCUT2D eigenvalue weighted by atomic mass is 10.1. The van der Waals surface area contributed by atoms with Crippen LogP contribution in [0.5, 0.6) is 0 Å². The molecule has 0 aliphatic rings. The van der Waals surface area contributed by atoms with Crippen molar-refractivity contribution in [2.45, 2.75) is 13.5 Å². The second-order valence-electron chi connectivity index (χ2n) is 5.82. The predicted molar refractivity (Wildman–Crippen MR) is 99.6 cm³/mol. The number of aryl methyl sites for hydroxylation is 1. The number of nitrogens with one attached hydrogen (secondary N) is 1.